The van der Waals surface area contributed by atoms with Crippen LogP contribution in [0.1, 0.15) is 38.5 Å². The predicted octanol–water partition coefficient (Wildman–Crippen LogP) is 2.83. The van der Waals surface area contributed by atoms with Crippen molar-refractivity contribution in [2.75, 3.05) is 0 Å². The van der Waals surface area contributed by atoms with Crippen LogP contribution in [0.4, 0.5) is 0 Å². The molecule has 112 valence electrons. The zero-order chi connectivity index (χ0) is 14.7. The Bertz CT molecular complexity index is 600. The zero-order valence-corrected chi connectivity index (χ0v) is 12.6. The van der Waals surface area contributed by atoms with Crippen LogP contribution in [0.3, 0.4) is 0 Å². The third-order valence-electron chi connectivity index (χ3n) is 4.28. The highest BCUT2D eigenvalue weighted by Gasteiger charge is 2.40. The van der Waals surface area contributed by atoms with Crippen molar-refractivity contribution in [1.29, 1.82) is 0 Å². The molecule has 1 aliphatic carbocycles. The van der Waals surface area contributed by atoms with Crippen molar-refractivity contribution in [3.63, 3.8) is 0 Å². The number of hydrogen-bond donors (Lipinski definition) is 1. The Morgan fingerprint density at radius 1 is 1.33 bits per heavy atom. The second kappa shape index (κ2) is 5.93. The maximum atomic E-state index is 11.9. The fraction of sp³-hybridized carbons (Fsp3) is 0.571. The summed E-state index contributed by atoms with van der Waals surface area (Å²) in [4.78, 5) is 11.9. The molecule has 0 atom stereocenters. The summed E-state index contributed by atoms with van der Waals surface area (Å²) < 4.78 is 1.65. The van der Waals surface area contributed by atoms with Gasteiger partial charge >= 0.3 is 5.97 Å². The minimum Gasteiger partial charge on any atom is -0.481 e. The standard InChI is InChI=1S/C14H18N4O2S/c19-13(20)14(6-3-1-2-4-7-14)10-18-12(15-16-17-18)11-5-8-21-9-11/h5,8-9H,1-4,6-7,10H2,(H,19,20). The quantitative estimate of drug-likeness (QED) is 0.878. The Hall–Kier alpha value is -1.76. The summed E-state index contributed by atoms with van der Waals surface area (Å²) in [5.41, 5.74) is 0.204. The van der Waals surface area contributed by atoms with Gasteiger partial charge in [0, 0.05) is 10.9 Å². The van der Waals surface area contributed by atoms with Gasteiger partial charge in [-0.05, 0) is 34.7 Å². The van der Waals surface area contributed by atoms with E-state index in [1.165, 1.54) is 0 Å². The number of thiophene rings is 1. The number of carboxylic acid groups (broad SMARTS) is 1. The van der Waals surface area contributed by atoms with E-state index in [2.05, 4.69) is 15.5 Å². The van der Waals surface area contributed by atoms with Crippen molar-refractivity contribution in [1.82, 2.24) is 20.2 Å². The second-order valence-electron chi connectivity index (χ2n) is 5.67. The van der Waals surface area contributed by atoms with E-state index in [0.717, 1.165) is 31.2 Å². The van der Waals surface area contributed by atoms with E-state index in [1.807, 2.05) is 16.8 Å². The Labute approximate surface area is 126 Å². The van der Waals surface area contributed by atoms with Crippen molar-refractivity contribution in [3.8, 4) is 11.4 Å². The van der Waals surface area contributed by atoms with E-state index in [-0.39, 0.29) is 0 Å². The molecule has 7 heteroatoms. The molecule has 1 saturated carbocycles. The molecule has 0 bridgehead atoms. The fourth-order valence-electron chi connectivity index (χ4n) is 3.04. The molecule has 6 nitrogen and oxygen atoms in total. The van der Waals surface area contributed by atoms with Crippen LogP contribution >= 0.6 is 11.3 Å². The van der Waals surface area contributed by atoms with Gasteiger partial charge in [0.05, 0.1) is 12.0 Å². The first-order chi connectivity index (χ1) is 10.2. The van der Waals surface area contributed by atoms with Crippen molar-refractivity contribution < 1.29 is 9.90 Å². The summed E-state index contributed by atoms with van der Waals surface area (Å²) in [6.45, 7) is 0.348. The first-order valence-electron chi connectivity index (χ1n) is 7.23. The minimum absolute atomic E-state index is 0.348. The number of aliphatic carboxylic acids is 1. The molecule has 0 radical (unpaired) electrons. The van der Waals surface area contributed by atoms with Gasteiger partial charge in [0.15, 0.2) is 5.82 Å². The number of carboxylic acids is 1. The maximum Gasteiger partial charge on any atom is 0.311 e. The highest BCUT2D eigenvalue weighted by molar-refractivity contribution is 7.08. The van der Waals surface area contributed by atoms with Crippen LogP contribution in [0, 0.1) is 5.41 Å². The minimum atomic E-state index is -0.739. The first-order valence-corrected chi connectivity index (χ1v) is 8.18. The smallest absolute Gasteiger partial charge is 0.311 e. The van der Waals surface area contributed by atoms with Crippen LogP contribution in [0.5, 0.6) is 0 Å². The average molecular weight is 306 g/mol. The van der Waals surface area contributed by atoms with Crippen LogP contribution in [0.15, 0.2) is 16.8 Å². The monoisotopic (exact) mass is 306 g/mol. The van der Waals surface area contributed by atoms with E-state index in [9.17, 15) is 9.90 Å². The Morgan fingerprint density at radius 2 is 2.10 bits per heavy atom. The SMILES string of the molecule is O=C(O)C1(Cn2nnnc2-c2ccsc2)CCCCCC1. The number of tetrazole rings is 1. The van der Waals surface area contributed by atoms with Gasteiger partial charge in [0.1, 0.15) is 0 Å². The van der Waals surface area contributed by atoms with Crippen LogP contribution in [-0.2, 0) is 11.3 Å². The predicted molar refractivity (Wildman–Crippen MR) is 78.9 cm³/mol. The molecule has 0 amide bonds. The summed E-state index contributed by atoms with van der Waals surface area (Å²) in [7, 11) is 0. The third kappa shape index (κ3) is 2.83. The largest absolute Gasteiger partial charge is 0.481 e. The highest BCUT2D eigenvalue weighted by Crippen LogP contribution is 2.37. The Balaban J connectivity index is 1.90. The van der Waals surface area contributed by atoms with Gasteiger partial charge in [-0.3, -0.25) is 4.79 Å². The van der Waals surface area contributed by atoms with Crippen molar-refractivity contribution in [2.45, 2.75) is 45.1 Å². The summed E-state index contributed by atoms with van der Waals surface area (Å²) in [6, 6.07) is 1.95. The van der Waals surface area contributed by atoms with Crippen molar-refractivity contribution in [3.05, 3.63) is 16.8 Å². The molecule has 0 saturated heterocycles. The molecular weight excluding hydrogens is 288 g/mol. The average Bonchev–Trinajstić information content (AvgIpc) is 3.07. The Kier molecular flexibility index (Phi) is 4.01. The number of hydrogen-bond acceptors (Lipinski definition) is 5. The van der Waals surface area contributed by atoms with E-state index in [4.69, 9.17) is 0 Å². The number of aromatic nitrogens is 4. The molecule has 2 aromatic rings. The molecule has 2 heterocycles. The summed E-state index contributed by atoms with van der Waals surface area (Å²) >= 11 is 1.58. The number of rotatable bonds is 4. The maximum absolute atomic E-state index is 11.9. The van der Waals surface area contributed by atoms with Gasteiger partial charge < -0.3 is 5.11 Å². The van der Waals surface area contributed by atoms with Gasteiger partial charge in [-0.15, -0.1) is 5.10 Å². The van der Waals surface area contributed by atoms with Gasteiger partial charge in [-0.2, -0.15) is 11.3 Å². The lowest BCUT2D eigenvalue weighted by Gasteiger charge is -2.27. The van der Waals surface area contributed by atoms with Crippen LogP contribution < -0.4 is 0 Å². The molecule has 21 heavy (non-hydrogen) atoms. The zero-order valence-electron chi connectivity index (χ0n) is 11.7. The van der Waals surface area contributed by atoms with Crippen LogP contribution in [0.2, 0.25) is 0 Å². The lowest BCUT2D eigenvalue weighted by Crippen LogP contribution is -2.35. The third-order valence-corrected chi connectivity index (χ3v) is 4.96. The molecular formula is C14H18N4O2S. The number of nitrogens with zero attached hydrogens (tertiary/aromatic N) is 4. The van der Waals surface area contributed by atoms with Crippen molar-refractivity contribution >= 4 is 17.3 Å². The van der Waals surface area contributed by atoms with Crippen LogP contribution in [0.25, 0.3) is 11.4 Å². The lowest BCUT2D eigenvalue weighted by atomic mass is 9.80. The fourth-order valence-corrected chi connectivity index (χ4v) is 3.68. The molecule has 2 aromatic heterocycles. The summed E-state index contributed by atoms with van der Waals surface area (Å²) in [5, 5.41) is 25.5. The van der Waals surface area contributed by atoms with Crippen LogP contribution in [-0.4, -0.2) is 31.3 Å². The van der Waals surface area contributed by atoms with Crippen molar-refractivity contribution in [2.24, 2.45) is 5.41 Å². The summed E-state index contributed by atoms with van der Waals surface area (Å²) in [5.74, 6) is -0.0720. The number of carbonyl (C=O) groups is 1. The molecule has 1 N–H and O–H groups in total. The van der Waals surface area contributed by atoms with Gasteiger partial charge in [0.2, 0.25) is 0 Å². The summed E-state index contributed by atoms with van der Waals surface area (Å²) in [6.07, 6.45) is 5.55. The van der Waals surface area contributed by atoms with E-state index >= 15 is 0 Å². The van der Waals surface area contributed by atoms with Gasteiger partial charge in [0.25, 0.3) is 0 Å². The molecule has 3 rings (SSSR count). The Morgan fingerprint density at radius 3 is 2.71 bits per heavy atom. The first kappa shape index (κ1) is 14.2. The molecule has 0 unspecified atom stereocenters. The molecule has 0 aromatic carbocycles. The van der Waals surface area contributed by atoms with E-state index < -0.39 is 11.4 Å². The van der Waals surface area contributed by atoms with E-state index in [1.54, 1.807) is 16.0 Å². The second-order valence-corrected chi connectivity index (χ2v) is 6.45. The molecule has 1 aliphatic rings. The van der Waals surface area contributed by atoms with Gasteiger partial charge in [-0.25, -0.2) is 4.68 Å². The molecule has 1 fully saturated rings. The lowest BCUT2D eigenvalue weighted by molar-refractivity contribution is -0.151. The van der Waals surface area contributed by atoms with E-state index in [0.29, 0.717) is 25.2 Å². The molecule has 0 aliphatic heterocycles. The topological polar surface area (TPSA) is 80.9 Å². The highest BCUT2D eigenvalue weighted by atomic mass is 32.1. The normalized spacial score (nSPS) is 18.3. The molecule has 0 spiro atoms. The van der Waals surface area contributed by atoms with Gasteiger partial charge in [-0.1, -0.05) is 25.7 Å².